The number of benzene rings is 3. The Labute approximate surface area is 255 Å². The number of nitrogens with one attached hydrogen (secondary N) is 4. The quantitative estimate of drug-likeness (QED) is 0.124. The predicted octanol–water partition coefficient (Wildman–Crippen LogP) is 7.21. The zero-order chi connectivity index (χ0) is 32.8. The molecule has 0 bridgehead atoms. The minimum Gasteiger partial charge on any atom is -0.457 e. The molecule has 4 rings (SSSR count). The summed E-state index contributed by atoms with van der Waals surface area (Å²) >= 11 is 5.58. The van der Waals surface area contributed by atoms with Gasteiger partial charge in [-0.15, -0.1) is 0 Å². The van der Waals surface area contributed by atoms with E-state index < -0.39 is 52.8 Å². The van der Waals surface area contributed by atoms with E-state index in [0.29, 0.717) is 6.07 Å². The van der Waals surface area contributed by atoms with Crippen molar-refractivity contribution in [3.05, 3.63) is 112 Å². The summed E-state index contributed by atoms with van der Waals surface area (Å²) in [5, 5.41) is 4.24. The summed E-state index contributed by atoms with van der Waals surface area (Å²) in [7, 11) is 0. The van der Waals surface area contributed by atoms with Crippen LogP contribution in [0.1, 0.15) is 27.2 Å². The van der Waals surface area contributed by atoms with Gasteiger partial charge in [-0.2, -0.15) is 26.3 Å². The third-order valence-corrected chi connectivity index (χ3v) is 6.11. The van der Waals surface area contributed by atoms with Gasteiger partial charge in [0.2, 0.25) is 5.91 Å². The minimum atomic E-state index is -4.70. The lowest BCUT2D eigenvalue weighted by molar-refractivity contribution is -0.138. The first kappa shape index (κ1) is 32.6. The van der Waals surface area contributed by atoms with Crippen LogP contribution in [0.4, 0.5) is 42.5 Å². The number of carbonyl (C=O) groups is 3. The van der Waals surface area contributed by atoms with Gasteiger partial charge in [-0.1, -0.05) is 29.8 Å². The Hall–Kier alpha value is -5.31. The van der Waals surface area contributed by atoms with Crippen LogP contribution < -0.4 is 26.2 Å². The summed E-state index contributed by atoms with van der Waals surface area (Å²) in [5.74, 6) is -1.14. The number of halogens is 7. The van der Waals surface area contributed by atoms with Crippen molar-refractivity contribution in [3.63, 3.8) is 0 Å². The zero-order valence-corrected chi connectivity index (χ0v) is 23.3. The molecule has 1 aromatic heterocycles. The molecule has 9 nitrogen and oxygen atoms in total. The van der Waals surface area contributed by atoms with Crippen LogP contribution in [0.15, 0.2) is 85.1 Å². The molecule has 0 unspecified atom stereocenters. The van der Waals surface area contributed by atoms with E-state index in [1.807, 2.05) is 0 Å². The monoisotopic (exact) mass is 651 g/mol. The number of anilines is 2. The van der Waals surface area contributed by atoms with Crippen molar-refractivity contribution in [2.45, 2.75) is 18.8 Å². The lowest BCUT2D eigenvalue weighted by atomic mass is 10.1. The van der Waals surface area contributed by atoms with Crippen LogP contribution in [-0.2, 0) is 23.6 Å². The highest BCUT2D eigenvalue weighted by atomic mass is 35.5. The van der Waals surface area contributed by atoms with Crippen molar-refractivity contribution in [2.75, 3.05) is 10.6 Å². The second-order valence-corrected chi connectivity index (χ2v) is 9.56. The Kier molecular flexibility index (Phi) is 9.82. The first-order valence-electron chi connectivity index (χ1n) is 12.6. The maximum absolute atomic E-state index is 13.0. The number of ether oxygens (including phenoxy) is 1. The Balaban J connectivity index is 1.29. The maximum Gasteiger partial charge on any atom is 0.417 e. The molecule has 234 valence electrons. The Morgan fingerprint density at radius 2 is 1.44 bits per heavy atom. The van der Waals surface area contributed by atoms with Gasteiger partial charge in [-0.3, -0.25) is 25.4 Å². The van der Waals surface area contributed by atoms with Crippen LogP contribution in [0.25, 0.3) is 0 Å². The molecule has 0 spiro atoms. The van der Waals surface area contributed by atoms with Gasteiger partial charge in [0.15, 0.2) is 0 Å². The summed E-state index contributed by atoms with van der Waals surface area (Å²) < 4.78 is 83.4. The molecule has 4 N–H and O–H groups in total. The molecule has 0 atom stereocenters. The second-order valence-electron chi connectivity index (χ2n) is 9.15. The van der Waals surface area contributed by atoms with E-state index in [4.69, 9.17) is 16.3 Å². The first-order chi connectivity index (χ1) is 21.2. The average molecular weight is 652 g/mol. The van der Waals surface area contributed by atoms with Gasteiger partial charge in [0, 0.05) is 23.6 Å². The molecule has 0 saturated carbocycles. The van der Waals surface area contributed by atoms with Crippen molar-refractivity contribution in [3.8, 4) is 11.5 Å². The number of hydrogen-bond donors (Lipinski definition) is 4. The maximum atomic E-state index is 13.0. The van der Waals surface area contributed by atoms with Crippen molar-refractivity contribution in [2.24, 2.45) is 0 Å². The molecular weight excluding hydrogens is 632 g/mol. The molecule has 4 amide bonds. The highest BCUT2D eigenvalue weighted by molar-refractivity contribution is 6.31. The summed E-state index contributed by atoms with van der Waals surface area (Å²) in [6, 6.07) is 14.9. The highest BCUT2D eigenvalue weighted by Crippen LogP contribution is 2.36. The molecule has 1 heterocycles. The fraction of sp³-hybridized carbons (Fsp3) is 0.103. The molecule has 0 fully saturated rings. The lowest BCUT2D eigenvalue weighted by Gasteiger charge is -2.13. The first-order valence-corrected chi connectivity index (χ1v) is 13.0. The Morgan fingerprint density at radius 3 is 2.13 bits per heavy atom. The van der Waals surface area contributed by atoms with Crippen LogP contribution >= 0.6 is 11.6 Å². The van der Waals surface area contributed by atoms with Gasteiger partial charge in [-0.05, 0) is 60.2 Å². The van der Waals surface area contributed by atoms with Gasteiger partial charge >= 0.3 is 18.4 Å². The van der Waals surface area contributed by atoms with E-state index >= 15 is 0 Å². The fourth-order valence-corrected chi connectivity index (χ4v) is 3.96. The Bertz CT molecular complexity index is 1710. The van der Waals surface area contributed by atoms with Crippen LogP contribution in [0.3, 0.4) is 0 Å². The number of hydrogen-bond acceptors (Lipinski definition) is 5. The topological polar surface area (TPSA) is 121 Å². The fourth-order valence-electron chi connectivity index (χ4n) is 3.73. The van der Waals surface area contributed by atoms with Crippen molar-refractivity contribution in [1.82, 2.24) is 15.8 Å². The van der Waals surface area contributed by atoms with Crippen LogP contribution in [-0.4, -0.2) is 22.8 Å². The number of hydrazine groups is 1. The summed E-state index contributed by atoms with van der Waals surface area (Å²) in [6.07, 6.45) is -8.43. The largest absolute Gasteiger partial charge is 0.457 e. The summed E-state index contributed by atoms with van der Waals surface area (Å²) in [4.78, 5) is 40.7. The number of alkyl halides is 6. The van der Waals surface area contributed by atoms with Gasteiger partial charge in [-0.25, -0.2) is 4.79 Å². The summed E-state index contributed by atoms with van der Waals surface area (Å²) in [6.45, 7) is 0. The van der Waals surface area contributed by atoms with Gasteiger partial charge in [0.25, 0.3) is 5.91 Å². The molecule has 0 saturated heterocycles. The van der Waals surface area contributed by atoms with Crippen molar-refractivity contribution < 1.29 is 45.5 Å². The molecule has 45 heavy (non-hydrogen) atoms. The summed E-state index contributed by atoms with van der Waals surface area (Å²) in [5.41, 5.74) is 2.31. The molecular formula is C29H20ClF6N5O4. The minimum absolute atomic E-state index is 0.0908. The normalized spacial score (nSPS) is 11.4. The number of nitrogens with zero attached hydrogens (tertiary/aromatic N) is 1. The lowest BCUT2D eigenvalue weighted by Crippen LogP contribution is -2.42. The highest BCUT2D eigenvalue weighted by Gasteiger charge is 2.33. The van der Waals surface area contributed by atoms with Gasteiger partial charge in [0.1, 0.15) is 17.2 Å². The number of rotatable bonds is 7. The van der Waals surface area contributed by atoms with Crippen molar-refractivity contribution in [1.29, 1.82) is 0 Å². The molecule has 16 heteroatoms. The predicted molar refractivity (Wildman–Crippen MR) is 151 cm³/mol. The van der Waals surface area contributed by atoms with E-state index in [0.717, 1.165) is 18.2 Å². The SMILES string of the molecule is O=C(Cc1cccc(C(F)(F)F)c1)NNC(=O)c1cc(Oc2ccc(NC(=O)Nc3ccc(Cl)c(C(F)(F)F)c3)cc2)ccn1. The van der Waals surface area contributed by atoms with E-state index in [9.17, 15) is 40.7 Å². The number of aromatic nitrogens is 1. The molecule has 0 aliphatic rings. The standard InChI is InChI=1S/C29H20ClF6N5O4/c30-23-9-6-19(14-22(23)29(34,35)36)39-27(44)38-18-4-7-20(8-5-18)45-21-10-11-37-24(15-21)26(43)41-40-25(42)13-16-2-1-3-17(12-16)28(31,32)33/h1-12,14-15H,13H2,(H,40,42)(H,41,43)(H2,38,39,44). The zero-order valence-electron chi connectivity index (χ0n) is 22.5. The smallest absolute Gasteiger partial charge is 0.417 e. The van der Waals surface area contributed by atoms with E-state index in [2.05, 4.69) is 26.5 Å². The molecule has 0 radical (unpaired) electrons. The number of urea groups is 1. The van der Waals surface area contributed by atoms with Crippen LogP contribution in [0, 0.1) is 0 Å². The number of carbonyl (C=O) groups excluding carboxylic acids is 3. The van der Waals surface area contributed by atoms with Gasteiger partial charge < -0.3 is 15.4 Å². The molecule has 4 aromatic rings. The van der Waals surface area contributed by atoms with Crippen molar-refractivity contribution >= 4 is 40.8 Å². The van der Waals surface area contributed by atoms with E-state index in [1.54, 1.807) is 0 Å². The van der Waals surface area contributed by atoms with Crippen LogP contribution in [0.5, 0.6) is 11.5 Å². The van der Waals surface area contributed by atoms with E-state index in [1.165, 1.54) is 60.8 Å². The molecule has 0 aliphatic heterocycles. The third-order valence-electron chi connectivity index (χ3n) is 5.78. The number of amides is 4. The van der Waals surface area contributed by atoms with E-state index in [-0.39, 0.29) is 34.1 Å². The molecule has 3 aromatic carbocycles. The van der Waals surface area contributed by atoms with Crippen LogP contribution in [0.2, 0.25) is 5.02 Å². The second kappa shape index (κ2) is 13.5. The number of pyridine rings is 1. The third kappa shape index (κ3) is 9.34. The average Bonchev–Trinajstić information content (AvgIpc) is 2.97. The van der Waals surface area contributed by atoms with Gasteiger partial charge in [0.05, 0.1) is 22.6 Å². The Morgan fingerprint density at radius 1 is 0.756 bits per heavy atom. The molecule has 0 aliphatic carbocycles.